The van der Waals surface area contributed by atoms with Crippen molar-refractivity contribution in [2.75, 3.05) is 14.2 Å². The van der Waals surface area contributed by atoms with Gasteiger partial charge in [-0.1, -0.05) is 6.07 Å². The molecule has 0 bridgehead atoms. The molecule has 0 saturated heterocycles. The SMILES string of the molecule is COc1cccc(/C=N\NC(=O)Cc2cc(=O)[nH][nH]2)c1OC. The number of carbonyl (C=O) groups excluding carboxylic acids is 1. The average molecular weight is 304 g/mol. The molecule has 0 saturated carbocycles. The van der Waals surface area contributed by atoms with Gasteiger partial charge in [-0.15, -0.1) is 0 Å². The highest BCUT2D eigenvalue weighted by atomic mass is 16.5. The molecule has 0 aliphatic heterocycles. The standard InChI is InChI=1S/C14H16N4O4/c1-21-11-5-3-4-9(14(11)22-2)8-15-17-12(19)6-10-7-13(20)18-16-10/h3-5,7-8H,6H2,1-2H3,(H,17,19)(H2,16,18,20)/b15-8-. The summed E-state index contributed by atoms with van der Waals surface area (Å²) < 4.78 is 10.4. The predicted molar refractivity (Wildman–Crippen MR) is 80.4 cm³/mol. The summed E-state index contributed by atoms with van der Waals surface area (Å²) in [5.74, 6) is 0.744. The van der Waals surface area contributed by atoms with Crippen LogP contribution in [-0.2, 0) is 11.2 Å². The lowest BCUT2D eigenvalue weighted by Gasteiger charge is -2.09. The predicted octanol–water partition coefficient (Wildman–Crippen LogP) is 0.413. The fraction of sp³-hybridized carbons (Fsp3) is 0.214. The van der Waals surface area contributed by atoms with Crippen LogP contribution in [0, 0.1) is 0 Å². The summed E-state index contributed by atoms with van der Waals surface area (Å²) >= 11 is 0. The Morgan fingerprint density at radius 1 is 1.32 bits per heavy atom. The number of rotatable bonds is 6. The van der Waals surface area contributed by atoms with Crippen LogP contribution in [0.5, 0.6) is 11.5 Å². The number of amides is 1. The molecule has 0 atom stereocenters. The van der Waals surface area contributed by atoms with Crippen LogP contribution in [0.25, 0.3) is 0 Å². The molecule has 0 aliphatic rings. The maximum atomic E-state index is 11.7. The molecule has 1 aromatic carbocycles. The molecule has 2 aromatic rings. The molecule has 2 rings (SSSR count). The molecular formula is C14H16N4O4. The Kier molecular flexibility index (Phi) is 4.97. The Morgan fingerprint density at radius 2 is 2.14 bits per heavy atom. The number of aromatic amines is 2. The van der Waals surface area contributed by atoms with Crippen LogP contribution in [0.2, 0.25) is 0 Å². The highest BCUT2D eigenvalue weighted by Crippen LogP contribution is 2.29. The van der Waals surface area contributed by atoms with Gasteiger partial charge in [-0.2, -0.15) is 5.10 Å². The van der Waals surface area contributed by atoms with Crippen LogP contribution in [0.15, 0.2) is 34.2 Å². The molecule has 0 fully saturated rings. The van der Waals surface area contributed by atoms with E-state index < -0.39 is 0 Å². The third-order valence-corrected chi connectivity index (χ3v) is 2.83. The van der Waals surface area contributed by atoms with Crippen molar-refractivity contribution in [3.8, 4) is 11.5 Å². The van der Waals surface area contributed by atoms with Gasteiger partial charge >= 0.3 is 0 Å². The van der Waals surface area contributed by atoms with Gasteiger partial charge in [0.15, 0.2) is 11.5 Å². The first-order chi connectivity index (χ1) is 10.6. The fourth-order valence-corrected chi connectivity index (χ4v) is 1.87. The summed E-state index contributed by atoms with van der Waals surface area (Å²) in [4.78, 5) is 22.6. The topological polar surface area (TPSA) is 109 Å². The molecule has 3 N–H and O–H groups in total. The maximum absolute atomic E-state index is 11.7. The molecule has 22 heavy (non-hydrogen) atoms. The minimum absolute atomic E-state index is 0.0192. The van der Waals surface area contributed by atoms with E-state index in [1.807, 2.05) is 0 Å². The summed E-state index contributed by atoms with van der Waals surface area (Å²) in [6, 6.07) is 6.64. The van der Waals surface area contributed by atoms with Crippen LogP contribution in [0.4, 0.5) is 0 Å². The zero-order chi connectivity index (χ0) is 15.9. The Hall–Kier alpha value is -3.03. The largest absolute Gasteiger partial charge is 0.493 e. The smallest absolute Gasteiger partial charge is 0.264 e. The highest BCUT2D eigenvalue weighted by Gasteiger charge is 2.08. The van der Waals surface area contributed by atoms with Crippen molar-refractivity contribution in [1.82, 2.24) is 15.6 Å². The van der Waals surface area contributed by atoms with E-state index in [9.17, 15) is 9.59 Å². The van der Waals surface area contributed by atoms with Gasteiger partial charge < -0.3 is 14.6 Å². The Balaban J connectivity index is 2.00. The number of nitrogens with one attached hydrogen (secondary N) is 3. The van der Waals surface area contributed by atoms with Crippen LogP contribution >= 0.6 is 0 Å². The fourth-order valence-electron chi connectivity index (χ4n) is 1.87. The van der Waals surface area contributed by atoms with Gasteiger partial charge in [0.2, 0.25) is 5.91 Å². The summed E-state index contributed by atoms with van der Waals surface area (Å²) in [5.41, 5.74) is 3.24. The van der Waals surface area contributed by atoms with E-state index in [2.05, 4.69) is 20.7 Å². The second-order valence-electron chi connectivity index (χ2n) is 4.34. The monoisotopic (exact) mass is 304 g/mol. The van der Waals surface area contributed by atoms with Gasteiger partial charge in [0.05, 0.1) is 26.9 Å². The lowest BCUT2D eigenvalue weighted by molar-refractivity contribution is -0.120. The molecule has 0 spiro atoms. The van der Waals surface area contributed by atoms with Crippen molar-refractivity contribution >= 4 is 12.1 Å². The molecule has 0 aliphatic carbocycles. The van der Waals surface area contributed by atoms with Gasteiger partial charge in [0.1, 0.15) is 0 Å². The minimum Gasteiger partial charge on any atom is -0.493 e. The lowest BCUT2D eigenvalue weighted by Crippen LogP contribution is -2.20. The number of H-pyrrole nitrogens is 2. The van der Waals surface area contributed by atoms with Crippen LogP contribution in [-0.4, -0.2) is 36.5 Å². The normalized spacial score (nSPS) is 10.6. The van der Waals surface area contributed by atoms with Gasteiger partial charge in [0, 0.05) is 17.3 Å². The Labute approximate surface area is 126 Å². The first-order valence-electron chi connectivity index (χ1n) is 6.43. The van der Waals surface area contributed by atoms with Gasteiger partial charge in [-0.25, -0.2) is 5.43 Å². The number of nitrogens with zero attached hydrogens (tertiary/aromatic N) is 1. The van der Waals surface area contributed by atoms with Crippen LogP contribution < -0.4 is 20.5 Å². The molecule has 1 aromatic heterocycles. The molecule has 1 amide bonds. The van der Waals surface area contributed by atoms with Crippen molar-refractivity contribution in [2.45, 2.75) is 6.42 Å². The summed E-state index contributed by atoms with van der Waals surface area (Å²) in [7, 11) is 3.06. The number of methoxy groups -OCH3 is 2. The van der Waals surface area contributed by atoms with E-state index in [-0.39, 0.29) is 17.9 Å². The molecule has 0 unspecified atom stereocenters. The number of para-hydroxylation sites is 1. The number of ether oxygens (including phenoxy) is 2. The summed E-state index contributed by atoms with van der Waals surface area (Å²) in [5, 5.41) is 8.81. The summed E-state index contributed by atoms with van der Waals surface area (Å²) in [6.07, 6.45) is 1.48. The quantitative estimate of drug-likeness (QED) is 0.530. The van der Waals surface area contributed by atoms with E-state index in [0.717, 1.165) is 0 Å². The van der Waals surface area contributed by atoms with Crippen LogP contribution in [0.3, 0.4) is 0 Å². The third kappa shape index (κ3) is 3.75. The molecule has 116 valence electrons. The van der Waals surface area contributed by atoms with Crippen molar-refractivity contribution in [2.24, 2.45) is 5.10 Å². The number of benzene rings is 1. The molecule has 8 nitrogen and oxygen atoms in total. The second-order valence-corrected chi connectivity index (χ2v) is 4.34. The van der Waals surface area contributed by atoms with E-state index in [4.69, 9.17) is 9.47 Å². The van der Waals surface area contributed by atoms with E-state index >= 15 is 0 Å². The third-order valence-electron chi connectivity index (χ3n) is 2.83. The van der Waals surface area contributed by atoms with Crippen molar-refractivity contribution in [3.05, 3.63) is 45.9 Å². The molecular weight excluding hydrogens is 288 g/mol. The number of hydrogen-bond acceptors (Lipinski definition) is 5. The number of carbonyl (C=O) groups is 1. The first kappa shape index (κ1) is 15.4. The van der Waals surface area contributed by atoms with Gasteiger partial charge in [-0.05, 0) is 12.1 Å². The van der Waals surface area contributed by atoms with E-state index in [0.29, 0.717) is 22.8 Å². The Bertz CT molecular complexity index is 732. The zero-order valence-electron chi connectivity index (χ0n) is 12.2. The average Bonchev–Trinajstić information content (AvgIpc) is 2.91. The van der Waals surface area contributed by atoms with Crippen molar-refractivity contribution in [3.63, 3.8) is 0 Å². The number of hydrazone groups is 1. The van der Waals surface area contributed by atoms with E-state index in [1.54, 1.807) is 18.2 Å². The number of aromatic nitrogens is 2. The van der Waals surface area contributed by atoms with Gasteiger partial charge in [0.25, 0.3) is 5.56 Å². The molecule has 8 heteroatoms. The molecule has 0 radical (unpaired) electrons. The molecule has 1 heterocycles. The van der Waals surface area contributed by atoms with Crippen molar-refractivity contribution in [1.29, 1.82) is 0 Å². The minimum atomic E-state index is -0.353. The zero-order valence-corrected chi connectivity index (χ0v) is 12.2. The van der Waals surface area contributed by atoms with Crippen molar-refractivity contribution < 1.29 is 14.3 Å². The van der Waals surface area contributed by atoms with Gasteiger partial charge in [-0.3, -0.25) is 14.7 Å². The lowest BCUT2D eigenvalue weighted by atomic mass is 10.2. The van der Waals surface area contributed by atoms with E-state index in [1.165, 1.54) is 26.5 Å². The van der Waals surface area contributed by atoms with Crippen LogP contribution in [0.1, 0.15) is 11.3 Å². The summed E-state index contributed by atoms with van der Waals surface area (Å²) in [6.45, 7) is 0. The highest BCUT2D eigenvalue weighted by molar-refractivity contribution is 5.86. The second kappa shape index (κ2) is 7.11. The first-order valence-corrected chi connectivity index (χ1v) is 6.43. The maximum Gasteiger partial charge on any atom is 0.264 e. The number of hydrogen-bond donors (Lipinski definition) is 3. The Morgan fingerprint density at radius 3 is 2.77 bits per heavy atom.